The Bertz CT molecular complexity index is 1180. The number of hydrogen-bond acceptors (Lipinski definition) is 7. The van der Waals surface area contributed by atoms with Crippen LogP contribution in [-0.2, 0) is 27.9 Å². The number of phosphoric acid groups is 1. The second kappa shape index (κ2) is 38.0. The van der Waals surface area contributed by atoms with E-state index in [0.717, 1.165) is 38.5 Å². The Labute approximate surface area is 342 Å². The van der Waals surface area contributed by atoms with Crippen molar-refractivity contribution in [3.8, 4) is 0 Å². The quantitative estimate of drug-likeness (QED) is 0.0121. The molecule has 0 aromatic carbocycles. The van der Waals surface area contributed by atoms with Crippen molar-refractivity contribution in [3.05, 3.63) is 85.3 Å². The lowest BCUT2D eigenvalue weighted by Gasteiger charge is -2.24. The Hall–Kier alpha value is -2.52. The van der Waals surface area contributed by atoms with Crippen molar-refractivity contribution in [1.29, 1.82) is 0 Å². The molecule has 0 aliphatic rings. The molecule has 0 aromatic heterocycles. The summed E-state index contributed by atoms with van der Waals surface area (Å²) in [6, 6.07) is 0. The van der Waals surface area contributed by atoms with Gasteiger partial charge in [-0.2, -0.15) is 0 Å². The van der Waals surface area contributed by atoms with Gasteiger partial charge in [0.25, 0.3) is 0 Å². The highest BCUT2D eigenvalue weighted by molar-refractivity contribution is 7.47. The van der Waals surface area contributed by atoms with Gasteiger partial charge < -0.3 is 24.0 Å². The Morgan fingerprint density at radius 1 is 0.679 bits per heavy atom. The number of hydrogen-bond donors (Lipinski definition) is 2. The molecule has 0 fully saturated rings. The fraction of sp³-hybridized carbons (Fsp3) is 0.674. The van der Waals surface area contributed by atoms with Crippen LogP contribution >= 0.6 is 7.82 Å². The largest absolute Gasteiger partial charge is 0.492 e. The van der Waals surface area contributed by atoms with E-state index in [9.17, 15) is 19.4 Å². The van der Waals surface area contributed by atoms with Crippen molar-refractivity contribution in [1.82, 2.24) is 0 Å². The van der Waals surface area contributed by atoms with Crippen molar-refractivity contribution in [2.24, 2.45) is 0 Å². The molecular weight excluding hydrogens is 725 g/mol. The normalized spacial score (nSPS) is 15.1. The Morgan fingerprint density at radius 2 is 1.27 bits per heavy atom. The highest BCUT2D eigenvalue weighted by Gasteiger charge is 2.25. The van der Waals surface area contributed by atoms with E-state index in [0.29, 0.717) is 23.9 Å². The molecule has 2 unspecified atom stereocenters. The molecule has 10 heteroatoms. The molecule has 0 saturated carbocycles. The minimum atomic E-state index is -4.30. The van der Waals surface area contributed by atoms with Crippen molar-refractivity contribution in [2.45, 2.75) is 154 Å². The summed E-state index contributed by atoms with van der Waals surface area (Å²) < 4.78 is 34.6. The van der Waals surface area contributed by atoms with Gasteiger partial charge in [0.1, 0.15) is 19.8 Å². The first-order valence-corrected chi connectivity index (χ1v) is 23.0. The zero-order valence-corrected chi connectivity index (χ0v) is 36.8. The Kier molecular flexibility index (Phi) is 36.3. The number of carbonyl (C=O) groups excluding carboxylic acids is 1. The standard InChI is InChI=1S/C46H80NO8P/c1-6-8-10-12-14-15-16-17-18-21-24-27-31-35-40-52-45(43-55-56(50,51)54-41-39-47(3,4)5)42-53-46(49)38-34-30-26-23-20-19-22-25-29-33-37-44(48)36-32-28-13-11-9-7-2/h9,11,19-20,25-26,28-30,32-33,35,37,40,44-45,48H,6-8,10,12-18,21-24,27,31,34,36,38-39,41-43H2,1-5H3/p+1/b11-9-,20-19-,29-25-,30-26-,32-28-,37-33+,40-35+/t44?,45-/m1/s1. The van der Waals surface area contributed by atoms with Crippen LogP contribution < -0.4 is 0 Å². The lowest BCUT2D eigenvalue weighted by Crippen LogP contribution is -2.37. The summed E-state index contributed by atoms with van der Waals surface area (Å²) in [5, 5.41) is 10.0. The molecular formula is C46H81NO8P+. The number of nitrogens with zero attached hydrogens (tertiary/aromatic N) is 1. The predicted molar refractivity (Wildman–Crippen MR) is 234 cm³/mol. The number of quaternary nitrogens is 1. The maximum absolute atomic E-state index is 12.5. The number of esters is 1. The minimum Gasteiger partial charge on any atom is -0.492 e. The summed E-state index contributed by atoms with van der Waals surface area (Å²) >= 11 is 0. The van der Waals surface area contributed by atoms with Crippen molar-refractivity contribution < 1.29 is 42.4 Å². The molecule has 3 atom stereocenters. The fourth-order valence-corrected chi connectivity index (χ4v) is 5.98. The summed E-state index contributed by atoms with van der Waals surface area (Å²) in [5.74, 6) is -0.380. The second-order valence-electron chi connectivity index (χ2n) is 15.3. The van der Waals surface area contributed by atoms with Crippen LogP contribution in [0, 0.1) is 0 Å². The van der Waals surface area contributed by atoms with Gasteiger partial charge in [-0.15, -0.1) is 0 Å². The third-order valence-corrected chi connectivity index (χ3v) is 9.64. The molecule has 2 N–H and O–H groups in total. The third-order valence-electron chi connectivity index (χ3n) is 8.65. The smallest absolute Gasteiger partial charge is 0.472 e. The molecule has 0 amide bonds. The number of allylic oxidation sites excluding steroid dienone is 11. The Morgan fingerprint density at radius 3 is 1.91 bits per heavy atom. The summed E-state index contributed by atoms with van der Waals surface area (Å²) in [4.78, 5) is 22.6. The van der Waals surface area contributed by atoms with E-state index in [4.69, 9.17) is 18.5 Å². The highest BCUT2D eigenvalue weighted by atomic mass is 31.2. The Balaban J connectivity index is 4.49. The van der Waals surface area contributed by atoms with Crippen LogP contribution in [0.5, 0.6) is 0 Å². The van der Waals surface area contributed by atoms with Crippen molar-refractivity contribution in [2.75, 3.05) is 47.5 Å². The summed E-state index contributed by atoms with van der Waals surface area (Å²) in [7, 11) is 1.59. The number of unbranched alkanes of at least 4 members (excludes halogenated alkanes) is 12. The molecule has 0 aliphatic heterocycles. The summed E-state index contributed by atoms with van der Waals surface area (Å²) in [5.41, 5.74) is 0. The van der Waals surface area contributed by atoms with Crippen LogP contribution in [0.1, 0.15) is 142 Å². The van der Waals surface area contributed by atoms with Crippen LogP contribution in [0.2, 0.25) is 0 Å². The molecule has 0 aromatic rings. The monoisotopic (exact) mass is 807 g/mol. The topological polar surface area (TPSA) is 112 Å². The van der Waals surface area contributed by atoms with Gasteiger partial charge in [-0.05, 0) is 57.4 Å². The van der Waals surface area contributed by atoms with Gasteiger partial charge in [0.05, 0.1) is 40.1 Å². The molecule has 0 aliphatic carbocycles. The molecule has 322 valence electrons. The number of phosphoric ester groups is 1. The number of rotatable bonds is 38. The molecule has 9 nitrogen and oxygen atoms in total. The van der Waals surface area contributed by atoms with Crippen LogP contribution in [-0.4, -0.2) is 80.2 Å². The van der Waals surface area contributed by atoms with Crippen LogP contribution in [0.25, 0.3) is 0 Å². The summed E-state index contributed by atoms with van der Waals surface area (Å²) in [6.07, 6.45) is 47.6. The van der Waals surface area contributed by atoms with Gasteiger partial charge >= 0.3 is 13.8 Å². The van der Waals surface area contributed by atoms with E-state index in [1.54, 1.807) is 12.3 Å². The molecule has 0 heterocycles. The maximum atomic E-state index is 12.5. The van der Waals surface area contributed by atoms with E-state index in [1.165, 1.54) is 70.6 Å². The first-order chi connectivity index (χ1) is 27.0. The molecule has 0 rings (SSSR count). The first-order valence-electron chi connectivity index (χ1n) is 21.5. The van der Waals surface area contributed by atoms with Crippen molar-refractivity contribution >= 4 is 13.8 Å². The SMILES string of the molecule is CC/C=C\C/C=C\CC(O)/C=C/C=C\C/C=C\C/C=C\CCC(=O)OC[C@H](COP(=O)(O)OCC[N+](C)(C)C)O/C=C/CCCCCCCCCCCCCC. The number of ether oxygens (including phenoxy) is 2. The summed E-state index contributed by atoms with van der Waals surface area (Å²) in [6.45, 7) is 4.60. The van der Waals surface area contributed by atoms with E-state index < -0.39 is 20.0 Å². The minimum absolute atomic E-state index is 0.0664. The van der Waals surface area contributed by atoms with Crippen LogP contribution in [0.15, 0.2) is 85.3 Å². The molecule has 0 saturated heterocycles. The first kappa shape index (κ1) is 53.5. The number of aliphatic hydroxyl groups is 1. The lowest BCUT2D eigenvalue weighted by molar-refractivity contribution is -0.870. The van der Waals surface area contributed by atoms with Gasteiger partial charge in [-0.1, -0.05) is 157 Å². The number of aliphatic hydroxyl groups excluding tert-OH is 1. The predicted octanol–water partition coefficient (Wildman–Crippen LogP) is 11.8. The van der Waals surface area contributed by atoms with Crippen LogP contribution in [0.4, 0.5) is 0 Å². The molecule has 56 heavy (non-hydrogen) atoms. The van der Waals surface area contributed by atoms with Crippen molar-refractivity contribution in [3.63, 3.8) is 0 Å². The number of carbonyl (C=O) groups is 1. The zero-order chi connectivity index (χ0) is 41.4. The number of likely N-dealkylation sites (N-methyl/N-ethyl adjacent to an activating group) is 1. The zero-order valence-electron chi connectivity index (χ0n) is 35.9. The van der Waals surface area contributed by atoms with Gasteiger partial charge in [-0.25, -0.2) is 4.57 Å². The van der Waals surface area contributed by atoms with Gasteiger partial charge in [0.15, 0.2) is 6.10 Å². The van der Waals surface area contributed by atoms with E-state index in [-0.39, 0.29) is 32.2 Å². The van der Waals surface area contributed by atoms with Gasteiger partial charge in [0, 0.05) is 6.42 Å². The van der Waals surface area contributed by atoms with Gasteiger partial charge in [0.2, 0.25) is 0 Å². The third kappa shape index (κ3) is 41.1. The van der Waals surface area contributed by atoms with E-state index >= 15 is 0 Å². The fourth-order valence-electron chi connectivity index (χ4n) is 5.23. The average Bonchev–Trinajstić information content (AvgIpc) is 3.15. The second-order valence-corrected chi connectivity index (χ2v) is 16.7. The molecule has 0 spiro atoms. The molecule has 0 radical (unpaired) electrons. The maximum Gasteiger partial charge on any atom is 0.472 e. The average molecular weight is 807 g/mol. The molecule has 0 bridgehead atoms. The van der Waals surface area contributed by atoms with Crippen LogP contribution in [0.3, 0.4) is 0 Å². The highest BCUT2D eigenvalue weighted by Crippen LogP contribution is 2.43. The van der Waals surface area contributed by atoms with Gasteiger partial charge in [-0.3, -0.25) is 13.8 Å². The lowest BCUT2D eigenvalue weighted by atomic mass is 10.0. The van der Waals surface area contributed by atoms with E-state index in [1.807, 2.05) is 63.7 Å². The van der Waals surface area contributed by atoms with E-state index in [2.05, 4.69) is 44.2 Å².